The van der Waals surface area contributed by atoms with Crippen LogP contribution in [0, 0.1) is 18.3 Å². The van der Waals surface area contributed by atoms with Gasteiger partial charge in [0.25, 0.3) is 5.89 Å². The van der Waals surface area contributed by atoms with E-state index in [-0.39, 0.29) is 0 Å². The molecule has 0 atom stereocenters. The number of hydrogen-bond donors (Lipinski definition) is 0. The van der Waals surface area contributed by atoms with Crippen LogP contribution < -0.4 is 0 Å². The minimum Gasteiger partial charge on any atom is -0.345 e. The average molecular weight is 285 g/mol. The van der Waals surface area contributed by atoms with Crippen molar-refractivity contribution in [1.82, 2.24) is 19.7 Å². The summed E-state index contributed by atoms with van der Waals surface area (Å²) in [6.45, 7) is 1.96. The summed E-state index contributed by atoms with van der Waals surface area (Å²) in [7, 11) is 1.84. The first-order valence-electron chi connectivity index (χ1n) is 5.96. The molecule has 0 bridgehead atoms. The van der Waals surface area contributed by atoms with Gasteiger partial charge in [-0.05, 0) is 13.0 Å². The lowest BCUT2D eigenvalue weighted by Gasteiger charge is -1.94. The van der Waals surface area contributed by atoms with E-state index in [1.165, 1.54) is 0 Å². The molecule has 0 aliphatic rings. The summed E-state index contributed by atoms with van der Waals surface area (Å²) in [5.74, 6) is 1.00. The van der Waals surface area contributed by atoms with Crippen molar-refractivity contribution in [2.75, 3.05) is 0 Å². The fraction of sp³-hybridized carbons (Fsp3) is 0.231. The van der Waals surface area contributed by atoms with Crippen LogP contribution in [-0.4, -0.2) is 19.7 Å². The molecule has 0 aromatic carbocycles. The van der Waals surface area contributed by atoms with Gasteiger partial charge in [-0.25, -0.2) is 4.98 Å². The van der Waals surface area contributed by atoms with Gasteiger partial charge in [0.15, 0.2) is 5.82 Å². The first kappa shape index (κ1) is 12.6. The molecule has 0 N–H and O–H groups in total. The van der Waals surface area contributed by atoms with Gasteiger partial charge in [0, 0.05) is 18.6 Å². The van der Waals surface area contributed by atoms with Crippen LogP contribution in [0.2, 0.25) is 0 Å². The van der Waals surface area contributed by atoms with E-state index in [0.29, 0.717) is 23.7 Å². The van der Waals surface area contributed by atoms with E-state index in [4.69, 9.17) is 9.78 Å². The summed E-state index contributed by atoms with van der Waals surface area (Å²) in [5, 5.41) is 15.8. The van der Waals surface area contributed by atoms with Crippen LogP contribution in [0.1, 0.15) is 22.1 Å². The summed E-state index contributed by atoms with van der Waals surface area (Å²) in [4.78, 5) is 8.72. The molecular weight excluding hydrogens is 274 g/mol. The number of thiazole rings is 1. The minimum atomic E-state index is 0.413. The average Bonchev–Trinajstić information content (AvgIpc) is 3.11. The maximum absolute atomic E-state index is 8.89. The Morgan fingerprint density at radius 1 is 1.45 bits per heavy atom. The molecule has 0 aliphatic carbocycles. The zero-order valence-corrected chi connectivity index (χ0v) is 11.8. The highest BCUT2D eigenvalue weighted by molar-refractivity contribution is 7.09. The van der Waals surface area contributed by atoms with Gasteiger partial charge >= 0.3 is 0 Å². The number of rotatable bonds is 3. The molecule has 0 fully saturated rings. The van der Waals surface area contributed by atoms with E-state index < -0.39 is 0 Å². The summed E-state index contributed by atoms with van der Waals surface area (Å²) in [6.07, 6.45) is 2.27. The molecule has 6 nitrogen and oxygen atoms in total. The Labute approximate surface area is 119 Å². The normalized spacial score (nSPS) is 10.7. The van der Waals surface area contributed by atoms with Gasteiger partial charge in [0.1, 0.15) is 11.8 Å². The van der Waals surface area contributed by atoms with E-state index in [9.17, 15) is 0 Å². The second-order valence-corrected chi connectivity index (χ2v) is 5.45. The molecule has 3 aromatic rings. The molecule has 20 heavy (non-hydrogen) atoms. The maximum atomic E-state index is 8.89. The van der Waals surface area contributed by atoms with E-state index in [1.807, 2.05) is 19.4 Å². The minimum absolute atomic E-state index is 0.413. The topological polar surface area (TPSA) is 80.5 Å². The molecule has 0 saturated heterocycles. The molecule has 0 unspecified atom stereocenters. The van der Waals surface area contributed by atoms with Crippen molar-refractivity contribution in [2.24, 2.45) is 7.05 Å². The lowest BCUT2D eigenvalue weighted by atomic mass is 10.3. The quantitative estimate of drug-likeness (QED) is 0.737. The molecule has 0 radical (unpaired) electrons. The molecule has 0 saturated carbocycles. The SMILES string of the molecule is Cc1nc(Cc2noc(-c3cc(C#N)cn3C)n2)cs1. The summed E-state index contributed by atoms with van der Waals surface area (Å²) >= 11 is 1.60. The van der Waals surface area contributed by atoms with E-state index in [1.54, 1.807) is 28.2 Å². The Balaban J connectivity index is 1.86. The van der Waals surface area contributed by atoms with Crippen molar-refractivity contribution >= 4 is 11.3 Å². The van der Waals surface area contributed by atoms with Crippen molar-refractivity contribution < 1.29 is 4.52 Å². The highest BCUT2D eigenvalue weighted by Gasteiger charge is 2.14. The van der Waals surface area contributed by atoms with Gasteiger partial charge < -0.3 is 9.09 Å². The second kappa shape index (κ2) is 4.90. The fourth-order valence-electron chi connectivity index (χ4n) is 1.92. The summed E-state index contributed by atoms with van der Waals surface area (Å²) < 4.78 is 7.05. The van der Waals surface area contributed by atoms with Gasteiger partial charge in [0.05, 0.1) is 22.7 Å². The van der Waals surface area contributed by atoms with Crippen LogP contribution in [0.5, 0.6) is 0 Å². The Morgan fingerprint density at radius 3 is 2.95 bits per heavy atom. The smallest absolute Gasteiger partial charge is 0.274 e. The highest BCUT2D eigenvalue weighted by atomic mass is 32.1. The molecule has 0 aliphatic heterocycles. The number of aryl methyl sites for hydroxylation is 2. The molecule has 3 rings (SSSR count). The summed E-state index contributed by atoms with van der Waals surface area (Å²) in [5.41, 5.74) is 2.23. The first-order chi connectivity index (χ1) is 9.65. The van der Waals surface area contributed by atoms with Crippen LogP contribution in [0.3, 0.4) is 0 Å². The third kappa shape index (κ3) is 2.33. The van der Waals surface area contributed by atoms with Crippen molar-refractivity contribution in [3.8, 4) is 17.7 Å². The molecule has 100 valence electrons. The van der Waals surface area contributed by atoms with E-state index >= 15 is 0 Å². The highest BCUT2D eigenvalue weighted by Crippen LogP contribution is 2.20. The molecule has 0 amide bonds. The fourth-order valence-corrected chi connectivity index (χ4v) is 2.53. The van der Waals surface area contributed by atoms with E-state index in [2.05, 4.69) is 21.2 Å². The molecule has 3 aromatic heterocycles. The maximum Gasteiger partial charge on any atom is 0.274 e. The standard InChI is InChI=1S/C13H11N5OS/c1-8-15-10(7-20-8)4-12-16-13(19-17-12)11-3-9(5-14)6-18(11)2/h3,6-7H,4H2,1-2H3. The number of nitriles is 1. The molecule has 0 spiro atoms. The van der Waals surface area contributed by atoms with Crippen molar-refractivity contribution in [3.63, 3.8) is 0 Å². The Kier molecular flexibility index (Phi) is 3.08. The van der Waals surface area contributed by atoms with Crippen LogP contribution in [0.15, 0.2) is 22.2 Å². The van der Waals surface area contributed by atoms with Gasteiger partial charge in [-0.1, -0.05) is 5.16 Å². The van der Waals surface area contributed by atoms with Crippen LogP contribution in [-0.2, 0) is 13.5 Å². The Hall–Kier alpha value is -2.46. The van der Waals surface area contributed by atoms with Crippen molar-refractivity contribution in [1.29, 1.82) is 5.26 Å². The van der Waals surface area contributed by atoms with Gasteiger partial charge in [-0.3, -0.25) is 0 Å². The predicted molar refractivity (Wildman–Crippen MR) is 73.1 cm³/mol. The third-order valence-corrected chi connectivity index (χ3v) is 3.65. The number of nitrogens with zero attached hydrogens (tertiary/aromatic N) is 5. The number of aromatic nitrogens is 4. The van der Waals surface area contributed by atoms with E-state index in [0.717, 1.165) is 16.4 Å². The zero-order valence-electron chi connectivity index (χ0n) is 11.0. The lowest BCUT2D eigenvalue weighted by Crippen LogP contribution is -1.92. The predicted octanol–water partition coefficient (Wildman–Crippen LogP) is 2.30. The van der Waals surface area contributed by atoms with Crippen molar-refractivity contribution in [3.05, 3.63) is 39.7 Å². The monoisotopic (exact) mass is 285 g/mol. The Morgan fingerprint density at radius 2 is 2.30 bits per heavy atom. The largest absolute Gasteiger partial charge is 0.345 e. The van der Waals surface area contributed by atoms with Crippen LogP contribution in [0.25, 0.3) is 11.6 Å². The first-order valence-corrected chi connectivity index (χ1v) is 6.84. The van der Waals surface area contributed by atoms with Crippen molar-refractivity contribution in [2.45, 2.75) is 13.3 Å². The Bertz CT molecular complexity index is 792. The number of hydrogen-bond acceptors (Lipinski definition) is 6. The molecular formula is C13H11N5OS. The second-order valence-electron chi connectivity index (χ2n) is 4.39. The summed E-state index contributed by atoms with van der Waals surface area (Å²) in [6, 6.07) is 3.81. The lowest BCUT2D eigenvalue weighted by molar-refractivity contribution is 0.421. The van der Waals surface area contributed by atoms with Gasteiger partial charge in [-0.2, -0.15) is 10.2 Å². The van der Waals surface area contributed by atoms with Crippen LogP contribution in [0.4, 0.5) is 0 Å². The molecule has 3 heterocycles. The third-order valence-electron chi connectivity index (χ3n) is 2.83. The molecule has 7 heteroatoms. The van der Waals surface area contributed by atoms with Gasteiger partial charge in [0.2, 0.25) is 0 Å². The van der Waals surface area contributed by atoms with Crippen LogP contribution >= 0.6 is 11.3 Å². The van der Waals surface area contributed by atoms with Gasteiger partial charge in [-0.15, -0.1) is 11.3 Å². The zero-order chi connectivity index (χ0) is 14.1.